The first-order valence-electron chi connectivity index (χ1n) is 8.30. The van der Waals surface area contributed by atoms with E-state index in [-0.39, 0.29) is 39.0 Å². The van der Waals surface area contributed by atoms with E-state index in [0.29, 0.717) is 5.06 Å². The molecule has 0 bridgehead atoms. The maximum absolute atomic E-state index is 11.7. The van der Waals surface area contributed by atoms with Crippen LogP contribution in [0.3, 0.4) is 0 Å². The topological polar surface area (TPSA) is 148 Å². The third-order valence-electron chi connectivity index (χ3n) is 3.63. The van der Waals surface area contributed by atoms with Crippen molar-refractivity contribution >= 4 is 29.7 Å². The van der Waals surface area contributed by atoms with Crippen LogP contribution in [0.1, 0.15) is 12.8 Å². The number of aliphatic carboxylic acids is 2. The van der Waals surface area contributed by atoms with E-state index < -0.39 is 49.4 Å². The Morgan fingerprint density at radius 3 is 1.82 bits per heavy atom. The van der Waals surface area contributed by atoms with Crippen molar-refractivity contribution in [1.29, 1.82) is 0 Å². The fraction of sp³-hybridized carbons (Fsp3) is 0.562. The summed E-state index contributed by atoms with van der Waals surface area (Å²) in [7, 11) is 11.4. The van der Waals surface area contributed by atoms with Gasteiger partial charge in [0.1, 0.15) is 0 Å². The highest BCUT2D eigenvalue weighted by Gasteiger charge is 2.32. The molecular weight excluding hydrogens is 376 g/mol. The van der Waals surface area contributed by atoms with Gasteiger partial charge in [0.15, 0.2) is 0 Å². The number of carboxylic acid groups (broad SMARTS) is 2. The van der Waals surface area contributed by atoms with Crippen molar-refractivity contribution in [3.8, 4) is 0 Å². The molecule has 2 N–H and O–H groups in total. The minimum atomic E-state index is -1.16. The molecule has 1 heterocycles. The number of imide groups is 1. The lowest BCUT2D eigenvalue weighted by Gasteiger charge is -2.24. The Kier molecular flexibility index (Phi) is 9.48. The van der Waals surface area contributed by atoms with Crippen molar-refractivity contribution in [1.82, 2.24) is 19.8 Å². The maximum Gasteiger partial charge on any atom is 0.347 e. The summed E-state index contributed by atoms with van der Waals surface area (Å²) in [5, 5.41) is 18.0. The van der Waals surface area contributed by atoms with Crippen LogP contribution in [-0.4, -0.2) is 106 Å². The lowest BCUT2D eigenvalue weighted by molar-refractivity contribution is -0.197. The van der Waals surface area contributed by atoms with Crippen LogP contribution in [0, 0.1) is 14.1 Å². The van der Waals surface area contributed by atoms with Gasteiger partial charge in [-0.25, -0.2) is 4.79 Å². The number of carbonyl (C=O) groups is 5. The molecule has 0 spiro atoms. The average Bonchev–Trinajstić information content (AvgIpc) is 2.88. The molecular formula is C16H22N4O8. The minimum Gasteiger partial charge on any atom is -0.480 e. The Bertz CT molecular complexity index is 579. The van der Waals surface area contributed by atoms with E-state index in [4.69, 9.17) is 24.3 Å². The van der Waals surface area contributed by atoms with Crippen molar-refractivity contribution in [2.45, 2.75) is 12.8 Å². The van der Waals surface area contributed by atoms with Crippen molar-refractivity contribution in [3.63, 3.8) is 0 Å². The molecule has 12 nitrogen and oxygen atoms in total. The molecule has 1 aliphatic rings. The zero-order valence-electron chi connectivity index (χ0n) is 15.2. The van der Waals surface area contributed by atoms with Crippen LogP contribution in [0.2, 0.25) is 0 Å². The normalized spacial score (nSPS) is 14.4. The number of hydrogen-bond donors (Lipinski definition) is 2. The smallest absolute Gasteiger partial charge is 0.347 e. The van der Waals surface area contributed by atoms with Crippen LogP contribution in [0.15, 0.2) is 0 Å². The molecule has 1 rings (SSSR count). The predicted octanol–water partition coefficient (Wildman–Crippen LogP) is -1.99. The largest absolute Gasteiger partial charge is 0.480 e. The number of hydroxylamine groups is 2. The summed E-state index contributed by atoms with van der Waals surface area (Å²) >= 11 is 0. The second-order valence-corrected chi connectivity index (χ2v) is 6.05. The maximum atomic E-state index is 11.7. The van der Waals surface area contributed by atoms with Gasteiger partial charge < -0.3 is 15.1 Å². The monoisotopic (exact) mass is 398 g/mol. The third-order valence-corrected chi connectivity index (χ3v) is 3.63. The standard InChI is InChI=1S/C16H22N4O8/c1-17(7-8-19(9-14(23)24)10-15(25)26)5-6-18(2)11-16(27)28-20-12(21)3-4-13(20)22/h1-2H,3-11H2,(H,23,24)(H,25,26). The van der Waals surface area contributed by atoms with Crippen molar-refractivity contribution < 1.29 is 39.0 Å². The Balaban J connectivity index is 2.30. The first kappa shape index (κ1) is 23.5. The second kappa shape index (κ2) is 11.3. The molecule has 12 heteroatoms. The van der Waals surface area contributed by atoms with Crippen LogP contribution >= 0.6 is 0 Å². The molecule has 0 aliphatic carbocycles. The van der Waals surface area contributed by atoms with Gasteiger partial charge in [-0.2, -0.15) is 0 Å². The molecule has 0 aromatic heterocycles. The van der Waals surface area contributed by atoms with E-state index in [2.05, 4.69) is 4.84 Å². The summed E-state index contributed by atoms with van der Waals surface area (Å²) in [5.74, 6) is -4.40. The molecule has 2 amide bonds. The number of amides is 2. The minimum absolute atomic E-state index is 0.0125. The van der Waals surface area contributed by atoms with Gasteiger partial charge in [0.2, 0.25) is 0 Å². The fourth-order valence-corrected chi connectivity index (χ4v) is 2.27. The van der Waals surface area contributed by atoms with E-state index in [1.165, 1.54) is 9.80 Å². The predicted molar refractivity (Wildman–Crippen MR) is 90.6 cm³/mol. The molecule has 28 heavy (non-hydrogen) atoms. The van der Waals surface area contributed by atoms with Gasteiger partial charge in [0.05, 0.1) is 19.6 Å². The molecule has 0 atom stereocenters. The van der Waals surface area contributed by atoms with E-state index in [0.717, 1.165) is 4.90 Å². The van der Waals surface area contributed by atoms with Gasteiger partial charge in [-0.3, -0.25) is 33.9 Å². The highest BCUT2D eigenvalue weighted by Crippen LogP contribution is 2.12. The average molecular weight is 398 g/mol. The van der Waals surface area contributed by atoms with Gasteiger partial charge in [-0.1, -0.05) is 0 Å². The fourth-order valence-electron chi connectivity index (χ4n) is 2.27. The molecule has 0 unspecified atom stereocenters. The molecule has 0 aromatic carbocycles. The summed E-state index contributed by atoms with van der Waals surface area (Å²) in [6.07, 6.45) is -0.0251. The molecule has 0 aromatic rings. The van der Waals surface area contributed by atoms with Crippen LogP contribution < -0.4 is 0 Å². The van der Waals surface area contributed by atoms with E-state index in [1.807, 2.05) is 0 Å². The second-order valence-electron chi connectivity index (χ2n) is 6.05. The molecule has 154 valence electrons. The van der Waals surface area contributed by atoms with Crippen LogP contribution in [0.5, 0.6) is 0 Å². The Morgan fingerprint density at radius 2 is 1.32 bits per heavy atom. The molecule has 1 fully saturated rings. The Hall–Kier alpha value is -2.57. The first-order chi connectivity index (χ1) is 13.1. The van der Waals surface area contributed by atoms with Crippen molar-refractivity contribution in [2.75, 3.05) is 45.8 Å². The third kappa shape index (κ3) is 8.88. The number of carboxylic acids is 2. The van der Waals surface area contributed by atoms with Crippen molar-refractivity contribution in [3.05, 3.63) is 14.1 Å². The lowest BCUT2D eigenvalue weighted by atomic mass is 10.4. The van der Waals surface area contributed by atoms with E-state index >= 15 is 0 Å². The summed E-state index contributed by atoms with van der Waals surface area (Å²) in [4.78, 5) is 64.1. The molecule has 1 saturated heterocycles. The quantitative estimate of drug-likeness (QED) is 0.262. The van der Waals surface area contributed by atoms with Crippen LogP contribution in [-0.2, 0) is 28.8 Å². The first-order valence-corrected chi connectivity index (χ1v) is 8.30. The number of rotatable bonds is 13. The summed E-state index contributed by atoms with van der Waals surface area (Å²) in [6, 6.07) is 0. The van der Waals surface area contributed by atoms with Crippen LogP contribution in [0.4, 0.5) is 0 Å². The number of carbonyl (C=O) groups excluding carboxylic acids is 3. The van der Waals surface area contributed by atoms with Gasteiger partial charge in [0, 0.05) is 53.1 Å². The highest BCUT2D eigenvalue weighted by molar-refractivity contribution is 6.01. The van der Waals surface area contributed by atoms with E-state index in [1.54, 1.807) is 0 Å². The van der Waals surface area contributed by atoms with Crippen molar-refractivity contribution in [2.24, 2.45) is 0 Å². The summed E-state index contributed by atoms with van der Waals surface area (Å²) in [5.41, 5.74) is 0. The van der Waals surface area contributed by atoms with Crippen LogP contribution in [0.25, 0.3) is 0 Å². The van der Waals surface area contributed by atoms with Gasteiger partial charge >= 0.3 is 17.9 Å². The Morgan fingerprint density at radius 1 is 0.857 bits per heavy atom. The molecule has 1 aliphatic heterocycles. The van der Waals surface area contributed by atoms with Gasteiger partial charge in [-0.05, 0) is 0 Å². The van der Waals surface area contributed by atoms with Gasteiger partial charge in [-0.15, -0.1) is 5.06 Å². The Labute approximate surface area is 162 Å². The van der Waals surface area contributed by atoms with Gasteiger partial charge in [0.25, 0.3) is 11.8 Å². The highest BCUT2D eigenvalue weighted by atomic mass is 16.7. The summed E-state index contributed by atoms with van der Waals surface area (Å²) in [6.45, 7) is -0.720. The zero-order valence-corrected chi connectivity index (χ0v) is 15.2. The number of nitrogens with zero attached hydrogens (tertiary/aromatic N) is 4. The van der Waals surface area contributed by atoms with E-state index in [9.17, 15) is 24.0 Å². The SMILES string of the molecule is [CH]N(CCN([CH])CC(=O)ON1C(=O)CCC1=O)CCN(CC(=O)O)CC(=O)O. The zero-order chi connectivity index (χ0) is 21.3. The summed E-state index contributed by atoms with van der Waals surface area (Å²) < 4.78 is 0. The number of hydrogen-bond acceptors (Lipinski definition) is 9. The molecule has 4 radical (unpaired) electrons. The molecule has 0 saturated carbocycles. The lowest BCUT2D eigenvalue weighted by Crippen LogP contribution is -2.41.